The molecule has 132 valence electrons. The van der Waals surface area contributed by atoms with Gasteiger partial charge in [-0.1, -0.05) is 12.1 Å². The normalized spacial score (nSPS) is 11.6. The summed E-state index contributed by atoms with van der Waals surface area (Å²) >= 11 is 0. The number of methoxy groups -OCH3 is 2. The van der Waals surface area contributed by atoms with E-state index in [4.69, 9.17) is 4.74 Å². The number of hydrogen-bond acceptors (Lipinski definition) is 6. The van der Waals surface area contributed by atoms with Gasteiger partial charge in [-0.2, -0.15) is 0 Å². The van der Waals surface area contributed by atoms with Crippen LogP contribution in [0, 0.1) is 0 Å². The number of carbonyl (C=O) groups excluding carboxylic acids is 3. The Balaban J connectivity index is 2.66. The number of carboxylic acids is 1. The van der Waals surface area contributed by atoms with E-state index >= 15 is 0 Å². The lowest BCUT2D eigenvalue weighted by Crippen LogP contribution is -2.93. The molecule has 0 aliphatic rings. The van der Waals surface area contributed by atoms with Crippen LogP contribution in [0.5, 0.6) is 0 Å². The summed E-state index contributed by atoms with van der Waals surface area (Å²) in [6.07, 6.45) is 0.387. The van der Waals surface area contributed by atoms with Crippen LogP contribution in [0.3, 0.4) is 0 Å². The first-order valence-electron chi connectivity index (χ1n) is 7.50. The van der Waals surface area contributed by atoms with Crippen LogP contribution in [0.15, 0.2) is 24.3 Å². The van der Waals surface area contributed by atoms with Gasteiger partial charge in [0, 0.05) is 13.5 Å². The fourth-order valence-corrected chi connectivity index (χ4v) is 2.09. The van der Waals surface area contributed by atoms with Gasteiger partial charge in [0.05, 0.1) is 43.9 Å². The van der Waals surface area contributed by atoms with Crippen LogP contribution >= 0.6 is 0 Å². The van der Waals surface area contributed by atoms with Crippen molar-refractivity contribution in [3.63, 3.8) is 0 Å². The van der Waals surface area contributed by atoms with Crippen LogP contribution in [0.2, 0.25) is 0 Å². The Hall–Kier alpha value is -2.45. The first-order valence-corrected chi connectivity index (χ1v) is 7.50. The molecule has 0 saturated heterocycles. The quantitative estimate of drug-likeness (QED) is 0.396. The van der Waals surface area contributed by atoms with Crippen molar-refractivity contribution >= 4 is 23.5 Å². The molecule has 0 fully saturated rings. The second kappa shape index (κ2) is 10.3. The SMILES string of the molecule is COCCC[NH2+][C@@H](CC(=O)Nc1ccccc1C(=O)OC)C(=O)[O-]. The van der Waals surface area contributed by atoms with Gasteiger partial charge in [0.1, 0.15) is 6.04 Å². The molecule has 8 heteroatoms. The van der Waals surface area contributed by atoms with Crippen molar-refractivity contribution in [2.45, 2.75) is 18.9 Å². The number of ether oxygens (including phenoxy) is 2. The van der Waals surface area contributed by atoms with Crippen molar-refractivity contribution in [3.8, 4) is 0 Å². The van der Waals surface area contributed by atoms with E-state index in [0.717, 1.165) is 0 Å². The molecule has 0 unspecified atom stereocenters. The molecule has 3 N–H and O–H groups in total. The fourth-order valence-electron chi connectivity index (χ4n) is 2.09. The van der Waals surface area contributed by atoms with Gasteiger partial charge >= 0.3 is 5.97 Å². The lowest BCUT2D eigenvalue weighted by atomic mass is 10.1. The highest BCUT2D eigenvalue weighted by atomic mass is 16.5. The van der Waals surface area contributed by atoms with Gasteiger partial charge in [0.15, 0.2) is 0 Å². The Labute approximate surface area is 140 Å². The third-order valence-corrected chi connectivity index (χ3v) is 3.32. The van der Waals surface area contributed by atoms with E-state index in [1.807, 2.05) is 0 Å². The van der Waals surface area contributed by atoms with Crippen molar-refractivity contribution < 1.29 is 34.3 Å². The summed E-state index contributed by atoms with van der Waals surface area (Å²) in [5.41, 5.74) is 0.466. The Kier molecular flexibility index (Phi) is 8.45. The van der Waals surface area contributed by atoms with Crippen molar-refractivity contribution in [1.82, 2.24) is 0 Å². The maximum atomic E-state index is 12.1. The Morgan fingerprint density at radius 2 is 1.96 bits per heavy atom. The molecule has 0 spiro atoms. The van der Waals surface area contributed by atoms with Gasteiger partial charge in [-0.15, -0.1) is 0 Å². The summed E-state index contributed by atoms with van der Waals surface area (Å²) in [4.78, 5) is 34.9. The number of carboxylic acid groups (broad SMARTS) is 1. The van der Waals surface area contributed by atoms with Crippen LogP contribution in [0.25, 0.3) is 0 Å². The van der Waals surface area contributed by atoms with E-state index in [1.54, 1.807) is 25.3 Å². The molecule has 1 aromatic carbocycles. The predicted octanol–water partition coefficient (Wildman–Crippen LogP) is -1.48. The molecule has 24 heavy (non-hydrogen) atoms. The summed E-state index contributed by atoms with van der Waals surface area (Å²) in [5, 5.41) is 15.2. The lowest BCUT2D eigenvalue weighted by molar-refractivity contribution is -0.682. The van der Waals surface area contributed by atoms with E-state index in [0.29, 0.717) is 19.6 Å². The molecular formula is C16H22N2O6. The number of para-hydroxylation sites is 1. The van der Waals surface area contributed by atoms with Crippen LogP contribution in [-0.4, -0.2) is 51.3 Å². The highest BCUT2D eigenvalue weighted by Gasteiger charge is 2.20. The second-order valence-electron chi connectivity index (χ2n) is 5.09. The number of carbonyl (C=O) groups is 3. The number of hydrogen-bond donors (Lipinski definition) is 2. The van der Waals surface area contributed by atoms with Gasteiger partial charge in [-0.25, -0.2) is 4.79 Å². The minimum absolute atomic E-state index is 0.197. The first kappa shape index (κ1) is 19.6. The maximum absolute atomic E-state index is 12.1. The van der Waals surface area contributed by atoms with Crippen molar-refractivity contribution in [1.29, 1.82) is 0 Å². The molecule has 1 rings (SSSR count). The third-order valence-electron chi connectivity index (χ3n) is 3.32. The van der Waals surface area contributed by atoms with Gasteiger partial charge in [-0.05, 0) is 12.1 Å². The molecular weight excluding hydrogens is 316 g/mol. The Morgan fingerprint density at radius 3 is 2.58 bits per heavy atom. The number of benzene rings is 1. The number of nitrogens with two attached hydrogens (primary N) is 1. The Morgan fingerprint density at radius 1 is 1.25 bits per heavy atom. The summed E-state index contributed by atoms with van der Waals surface area (Å²) < 4.78 is 9.53. The predicted molar refractivity (Wildman–Crippen MR) is 83.1 cm³/mol. The average molecular weight is 338 g/mol. The highest BCUT2D eigenvalue weighted by molar-refractivity contribution is 6.01. The molecule has 0 saturated carbocycles. The zero-order valence-electron chi connectivity index (χ0n) is 13.7. The van der Waals surface area contributed by atoms with Gasteiger partial charge in [0.2, 0.25) is 5.91 Å². The van der Waals surface area contributed by atoms with Crippen molar-refractivity contribution in [2.24, 2.45) is 0 Å². The lowest BCUT2D eigenvalue weighted by Gasteiger charge is -2.17. The van der Waals surface area contributed by atoms with E-state index in [9.17, 15) is 19.5 Å². The Bertz CT molecular complexity index is 575. The van der Waals surface area contributed by atoms with Crippen LogP contribution in [0.1, 0.15) is 23.2 Å². The minimum Gasteiger partial charge on any atom is -0.544 e. The highest BCUT2D eigenvalue weighted by Crippen LogP contribution is 2.16. The average Bonchev–Trinajstić information content (AvgIpc) is 2.57. The molecule has 0 radical (unpaired) electrons. The van der Waals surface area contributed by atoms with Crippen LogP contribution < -0.4 is 15.7 Å². The fraction of sp³-hybridized carbons (Fsp3) is 0.438. The summed E-state index contributed by atoms with van der Waals surface area (Å²) in [6, 6.07) is 5.33. The molecule has 1 amide bonds. The molecule has 1 aromatic rings. The van der Waals surface area contributed by atoms with Gasteiger partial charge < -0.3 is 30.0 Å². The summed E-state index contributed by atoms with van der Waals surface area (Å²) in [7, 11) is 2.80. The van der Waals surface area contributed by atoms with E-state index < -0.39 is 23.9 Å². The number of esters is 1. The number of anilines is 1. The van der Waals surface area contributed by atoms with E-state index in [2.05, 4.69) is 10.1 Å². The number of nitrogens with one attached hydrogen (secondary N) is 1. The molecule has 0 aliphatic carbocycles. The first-order chi connectivity index (χ1) is 11.5. The molecule has 1 atom stereocenters. The van der Waals surface area contributed by atoms with Crippen molar-refractivity contribution in [3.05, 3.63) is 29.8 Å². The van der Waals surface area contributed by atoms with E-state index in [-0.39, 0.29) is 17.7 Å². The number of amides is 1. The zero-order chi connectivity index (χ0) is 17.9. The monoisotopic (exact) mass is 338 g/mol. The van der Waals surface area contributed by atoms with E-state index in [1.165, 1.54) is 18.5 Å². The number of quaternary nitrogens is 1. The zero-order valence-corrected chi connectivity index (χ0v) is 13.7. The standard InChI is InChI=1S/C16H22N2O6/c1-23-9-5-8-17-13(15(20)21)10-14(19)18-12-7-4-3-6-11(12)16(22)24-2/h3-4,6-7,13,17H,5,8-10H2,1-2H3,(H,18,19)(H,20,21)/t13-/m0/s1. The smallest absolute Gasteiger partial charge is 0.339 e. The topological polar surface area (TPSA) is 121 Å². The summed E-state index contributed by atoms with van der Waals surface area (Å²) in [6.45, 7) is 1.01. The number of aliphatic carboxylic acids is 1. The molecule has 0 aromatic heterocycles. The number of rotatable bonds is 10. The molecule has 8 nitrogen and oxygen atoms in total. The maximum Gasteiger partial charge on any atom is 0.339 e. The second-order valence-corrected chi connectivity index (χ2v) is 5.09. The van der Waals surface area contributed by atoms with Gasteiger partial charge in [-0.3, -0.25) is 4.79 Å². The van der Waals surface area contributed by atoms with Crippen LogP contribution in [0.4, 0.5) is 5.69 Å². The van der Waals surface area contributed by atoms with Gasteiger partial charge in [0.25, 0.3) is 0 Å². The summed E-state index contributed by atoms with van der Waals surface area (Å²) in [5.74, 6) is -2.43. The largest absolute Gasteiger partial charge is 0.544 e. The molecule has 0 bridgehead atoms. The van der Waals surface area contributed by atoms with Crippen molar-refractivity contribution in [2.75, 3.05) is 32.7 Å². The van der Waals surface area contributed by atoms with Crippen LogP contribution in [-0.2, 0) is 19.1 Å². The third kappa shape index (κ3) is 6.35. The molecule has 0 heterocycles. The molecule has 0 aliphatic heterocycles. The minimum atomic E-state index is -1.32.